The molecule has 1 aromatic heterocycles. The number of hydrogen-bond acceptors (Lipinski definition) is 3. The largest absolute Gasteiger partial charge is 0.467 e. The van der Waals surface area contributed by atoms with E-state index in [-0.39, 0.29) is 6.03 Å². The van der Waals surface area contributed by atoms with E-state index in [9.17, 15) is 4.79 Å². The van der Waals surface area contributed by atoms with Crippen LogP contribution < -0.4 is 5.32 Å². The smallest absolute Gasteiger partial charge is 0.317 e. The molecule has 0 unspecified atom stereocenters. The third kappa shape index (κ3) is 3.89. The van der Waals surface area contributed by atoms with Crippen molar-refractivity contribution in [2.75, 3.05) is 26.2 Å². The maximum atomic E-state index is 12.1. The maximum absolute atomic E-state index is 12.1. The molecule has 1 aliphatic rings. The number of urea groups is 1. The minimum absolute atomic E-state index is 0.0178. The Morgan fingerprint density at radius 1 is 1.05 bits per heavy atom. The third-order valence-electron chi connectivity index (χ3n) is 3.90. The SMILES string of the molecule is O=C(NCc1ccco1)N1CCN(Cc2ccccc2)CC1. The van der Waals surface area contributed by atoms with Gasteiger partial charge in [-0.25, -0.2) is 4.79 Å². The van der Waals surface area contributed by atoms with Crippen LogP contribution >= 0.6 is 0 Å². The third-order valence-corrected chi connectivity index (χ3v) is 3.90. The number of carbonyl (C=O) groups is 1. The lowest BCUT2D eigenvalue weighted by molar-refractivity contribution is 0.134. The summed E-state index contributed by atoms with van der Waals surface area (Å²) in [5, 5.41) is 2.89. The van der Waals surface area contributed by atoms with E-state index in [1.165, 1.54) is 5.56 Å². The van der Waals surface area contributed by atoms with Crippen molar-refractivity contribution in [2.45, 2.75) is 13.1 Å². The average molecular weight is 299 g/mol. The molecule has 0 aliphatic carbocycles. The quantitative estimate of drug-likeness (QED) is 0.942. The van der Waals surface area contributed by atoms with Crippen LogP contribution in [-0.4, -0.2) is 42.0 Å². The predicted molar refractivity (Wildman–Crippen MR) is 84.2 cm³/mol. The van der Waals surface area contributed by atoms with Gasteiger partial charge in [0.05, 0.1) is 12.8 Å². The second-order valence-electron chi connectivity index (χ2n) is 5.49. The first-order valence-corrected chi connectivity index (χ1v) is 7.63. The van der Waals surface area contributed by atoms with Crippen LogP contribution in [0, 0.1) is 0 Å². The first-order valence-electron chi connectivity index (χ1n) is 7.63. The van der Waals surface area contributed by atoms with E-state index >= 15 is 0 Å². The topological polar surface area (TPSA) is 48.7 Å². The van der Waals surface area contributed by atoms with Crippen LogP contribution in [0.1, 0.15) is 11.3 Å². The van der Waals surface area contributed by atoms with E-state index in [4.69, 9.17) is 4.42 Å². The Balaban J connectivity index is 1.42. The summed E-state index contributed by atoms with van der Waals surface area (Å²) in [5.74, 6) is 0.774. The number of amides is 2. The molecule has 0 spiro atoms. The number of nitrogens with one attached hydrogen (secondary N) is 1. The lowest BCUT2D eigenvalue weighted by Crippen LogP contribution is -2.51. The number of furan rings is 1. The molecule has 3 rings (SSSR count). The molecule has 1 aliphatic heterocycles. The standard InChI is InChI=1S/C17H21N3O2/c21-17(18-13-16-7-4-12-22-16)20-10-8-19(9-11-20)14-15-5-2-1-3-6-15/h1-7,12H,8-11,13-14H2,(H,18,21). The fourth-order valence-corrected chi connectivity index (χ4v) is 2.64. The van der Waals surface area contributed by atoms with E-state index in [2.05, 4.69) is 34.5 Å². The predicted octanol–water partition coefficient (Wildman–Crippen LogP) is 2.31. The van der Waals surface area contributed by atoms with Gasteiger partial charge in [0.2, 0.25) is 0 Å². The highest BCUT2D eigenvalue weighted by Gasteiger charge is 2.20. The van der Waals surface area contributed by atoms with Gasteiger partial charge in [-0.05, 0) is 17.7 Å². The van der Waals surface area contributed by atoms with Crippen molar-refractivity contribution in [3.8, 4) is 0 Å². The zero-order valence-corrected chi connectivity index (χ0v) is 12.6. The second-order valence-corrected chi connectivity index (χ2v) is 5.49. The van der Waals surface area contributed by atoms with E-state index in [1.54, 1.807) is 6.26 Å². The van der Waals surface area contributed by atoms with Gasteiger partial charge in [-0.15, -0.1) is 0 Å². The van der Waals surface area contributed by atoms with Crippen LogP contribution in [0.3, 0.4) is 0 Å². The summed E-state index contributed by atoms with van der Waals surface area (Å²) in [7, 11) is 0. The zero-order valence-electron chi connectivity index (χ0n) is 12.6. The highest BCUT2D eigenvalue weighted by Crippen LogP contribution is 2.08. The molecule has 0 radical (unpaired) electrons. The van der Waals surface area contributed by atoms with Crippen LogP contribution in [0.2, 0.25) is 0 Å². The first-order chi connectivity index (χ1) is 10.8. The molecule has 0 atom stereocenters. The highest BCUT2D eigenvalue weighted by atomic mass is 16.3. The Labute approximate surface area is 130 Å². The van der Waals surface area contributed by atoms with Gasteiger partial charge in [0.1, 0.15) is 5.76 Å². The average Bonchev–Trinajstić information content (AvgIpc) is 3.08. The molecule has 2 amide bonds. The van der Waals surface area contributed by atoms with Gasteiger partial charge < -0.3 is 14.6 Å². The van der Waals surface area contributed by atoms with Gasteiger partial charge in [-0.3, -0.25) is 4.90 Å². The van der Waals surface area contributed by atoms with Gasteiger partial charge in [-0.1, -0.05) is 30.3 Å². The number of piperazine rings is 1. The van der Waals surface area contributed by atoms with Crippen molar-refractivity contribution < 1.29 is 9.21 Å². The second kappa shape index (κ2) is 7.13. The zero-order chi connectivity index (χ0) is 15.2. The fraction of sp³-hybridized carbons (Fsp3) is 0.353. The summed E-state index contributed by atoms with van der Waals surface area (Å²) in [6.07, 6.45) is 1.61. The Morgan fingerprint density at radius 3 is 2.50 bits per heavy atom. The minimum atomic E-state index is -0.0178. The van der Waals surface area contributed by atoms with E-state index in [1.807, 2.05) is 23.1 Å². The number of benzene rings is 1. The van der Waals surface area contributed by atoms with Crippen LogP contribution in [0.15, 0.2) is 53.1 Å². The maximum Gasteiger partial charge on any atom is 0.317 e. The number of hydrogen-bond donors (Lipinski definition) is 1. The van der Waals surface area contributed by atoms with Crippen molar-refractivity contribution in [1.29, 1.82) is 0 Å². The van der Waals surface area contributed by atoms with Gasteiger partial charge in [0.25, 0.3) is 0 Å². The summed E-state index contributed by atoms with van der Waals surface area (Å²) in [5.41, 5.74) is 1.32. The number of rotatable bonds is 4. The lowest BCUT2D eigenvalue weighted by atomic mass is 10.2. The monoisotopic (exact) mass is 299 g/mol. The summed E-state index contributed by atoms with van der Waals surface area (Å²) < 4.78 is 5.21. The van der Waals surface area contributed by atoms with Crippen LogP contribution in [-0.2, 0) is 13.1 Å². The number of carbonyl (C=O) groups excluding carboxylic acids is 1. The summed E-state index contributed by atoms with van der Waals surface area (Å²) in [6, 6.07) is 14.1. The fourth-order valence-electron chi connectivity index (χ4n) is 2.64. The molecule has 0 bridgehead atoms. The van der Waals surface area contributed by atoms with Gasteiger partial charge in [0.15, 0.2) is 0 Å². The first kappa shape index (κ1) is 14.7. The van der Waals surface area contributed by atoms with E-state index in [0.29, 0.717) is 6.54 Å². The number of nitrogens with zero attached hydrogens (tertiary/aromatic N) is 2. The van der Waals surface area contributed by atoms with Crippen molar-refractivity contribution in [2.24, 2.45) is 0 Å². The molecule has 1 saturated heterocycles. The van der Waals surface area contributed by atoms with Gasteiger partial charge >= 0.3 is 6.03 Å². The molecule has 0 saturated carbocycles. The molecule has 2 heterocycles. The van der Waals surface area contributed by atoms with Crippen molar-refractivity contribution >= 4 is 6.03 Å². The van der Waals surface area contributed by atoms with Crippen molar-refractivity contribution in [3.05, 3.63) is 60.1 Å². The summed E-state index contributed by atoms with van der Waals surface area (Å²) in [6.45, 7) is 4.72. The molecule has 1 N–H and O–H groups in total. The van der Waals surface area contributed by atoms with Crippen molar-refractivity contribution in [1.82, 2.24) is 15.1 Å². The van der Waals surface area contributed by atoms with Gasteiger partial charge in [-0.2, -0.15) is 0 Å². The Bertz CT molecular complexity index is 575. The van der Waals surface area contributed by atoms with E-state index in [0.717, 1.165) is 38.5 Å². The molecule has 1 aromatic carbocycles. The molecule has 5 heteroatoms. The van der Waals surface area contributed by atoms with E-state index < -0.39 is 0 Å². The highest BCUT2D eigenvalue weighted by molar-refractivity contribution is 5.74. The van der Waals surface area contributed by atoms with Gasteiger partial charge in [0, 0.05) is 32.7 Å². The van der Waals surface area contributed by atoms with Crippen LogP contribution in [0.4, 0.5) is 4.79 Å². The van der Waals surface area contributed by atoms with Crippen LogP contribution in [0.25, 0.3) is 0 Å². The minimum Gasteiger partial charge on any atom is -0.467 e. The molecular weight excluding hydrogens is 278 g/mol. The molecule has 2 aromatic rings. The normalized spacial score (nSPS) is 15.7. The molecule has 1 fully saturated rings. The Hall–Kier alpha value is -2.27. The molecular formula is C17H21N3O2. The lowest BCUT2D eigenvalue weighted by Gasteiger charge is -2.34. The Kier molecular flexibility index (Phi) is 4.75. The summed E-state index contributed by atoms with van der Waals surface area (Å²) >= 11 is 0. The van der Waals surface area contributed by atoms with Crippen molar-refractivity contribution in [3.63, 3.8) is 0 Å². The van der Waals surface area contributed by atoms with Crippen LogP contribution in [0.5, 0.6) is 0 Å². The summed E-state index contributed by atoms with van der Waals surface area (Å²) in [4.78, 5) is 16.4. The molecule has 5 nitrogen and oxygen atoms in total. The molecule has 22 heavy (non-hydrogen) atoms. The molecule has 116 valence electrons. The Morgan fingerprint density at radius 2 is 1.82 bits per heavy atom.